The molecule has 6 heteroatoms. The van der Waals surface area contributed by atoms with Crippen molar-refractivity contribution in [1.29, 1.82) is 0 Å². The molecule has 0 saturated carbocycles. The summed E-state index contributed by atoms with van der Waals surface area (Å²) < 4.78 is 0. The van der Waals surface area contributed by atoms with E-state index in [0.717, 1.165) is 0 Å². The number of carboxylic acid groups (broad SMARTS) is 1. The van der Waals surface area contributed by atoms with Gasteiger partial charge in [-0.3, -0.25) is 4.79 Å². The van der Waals surface area contributed by atoms with Gasteiger partial charge in [-0.2, -0.15) is 0 Å². The molecule has 98 valence electrons. The predicted molar refractivity (Wildman–Crippen MR) is 73.5 cm³/mol. The van der Waals surface area contributed by atoms with Crippen LogP contribution >= 0.6 is 27.7 Å². The van der Waals surface area contributed by atoms with E-state index in [0.29, 0.717) is 16.0 Å². The highest BCUT2D eigenvalue weighted by Crippen LogP contribution is 2.28. The number of alkyl halides is 1. The van der Waals surface area contributed by atoms with Gasteiger partial charge in [-0.05, 0) is 19.2 Å². The topological polar surface area (TPSA) is 74.6 Å². The average molecular weight is 333 g/mol. The van der Waals surface area contributed by atoms with Gasteiger partial charge in [0.15, 0.2) is 11.9 Å². The van der Waals surface area contributed by atoms with E-state index in [1.54, 1.807) is 19.2 Å². The van der Waals surface area contributed by atoms with Crippen LogP contribution in [0.1, 0.15) is 28.9 Å². The molecule has 2 atom stereocenters. The molecular formula is C12H13BrO4S. The van der Waals surface area contributed by atoms with E-state index >= 15 is 0 Å². The molecule has 0 bridgehead atoms. The summed E-state index contributed by atoms with van der Waals surface area (Å²) >= 11 is 4.49. The van der Waals surface area contributed by atoms with Crippen LogP contribution in [-0.4, -0.2) is 33.0 Å². The number of carbonyl (C=O) groups excluding carboxylic acids is 1. The number of benzene rings is 1. The Bertz CT molecular complexity index is 473. The molecule has 0 radical (unpaired) electrons. The number of ketones is 1. The van der Waals surface area contributed by atoms with Crippen molar-refractivity contribution in [2.45, 2.75) is 22.8 Å². The van der Waals surface area contributed by atoms with E-state index in [1.807, 2.05) is 0 Å². The van der Waals surface area contributed by atoms with Crippen LogP contribution in [0.25, 0.3) is 0 Å². The smallest absolute Gasteiger partial charge is 0.337 e. The van der Waals surface area contributed by atoms with Crippen LogP contribution in [0.3, 0.4) is 0 Å². The van der Waals surface area contributed by atoms with Crippen molar-refractivity contribution in [3.63, 3.8) is 0 Å². The molecule has 0 aromatic heterocycles. The predicted octanol–water partition coefficient (Wildman–Crippen LogP) is 2.49. The first-order valence-electron chi connectivity index (χ1n) is 5.15. The van der Waals surface area contributed by atoms with Crippen molar-refractivity contribution in [2.24, 2.45) is 0 Å². The number of aliphatic hydroxyl groups is 1. The van der Waals surface area contributed by atoms with Crippen molar-refractivity contribution < 1.29 is 19.8 Å². The minimum Gasteiger partial charge on any atom is -0.479 e. The monoisotopic (exact) mass is 332 g/mol. The number of Topliss-reactive ketones (excluding diaryl/α,β-unsaturated/α-hetero) is 1. The van der Waals surface area contributed by atoms with Gasteiger partial charge in [0.2, 0.25) is 0 Å². The Balaban J connectivity index is 3.19. The maximum atomic E-state index is 11.8. The maximum absolute atomic E-state index is 11.8. The van der Waals surface area contributed by atoms with Gasteiger partial charge in [0.1, 0.15) is 0 Å². The number of hydrogen-bond acceptors (Lipinski definition) is 4. The molecule has 18 heavy (non-hydrogen) atoms. The molecule has 1 rings (SSSR count). The van der Waals surface area contributed by atoms with E-state index in [1.165, 1.54) is 23.9 Å². The third kappa shape index (κ3) is 3.34. The van der Waals surface area contributed by atoms with E-state index in [-0.39, 0.29) is 10.6 Å². The number of carboxylic acids is 1. The summed E-state index contributed by atoms with van der Waals surface area (Å²) in [4.78, 5) is 22.8. The van der Waals surface area contributed by atoms with Crippen molar-refractivity contribution in [2.75, 3.05) is 6.26 Å². The zero-order valence-electron chi connectivity index (χ0n) is 9.88. The van der Waals surface area contributed by atoms with Crippen molar-refractivity contribution in [3.05, 3.63) is 29.3 Å². The number of halogens is 1. The highest BCUT2D eigenvalue weighted by Gasteiger charge is 2.21. The van der Waals surface area contributed by atoms with Crippen LogP contribution in [0.2, 0.25) is 0 Å². The molecule has 0 aliphatic heterocycles. The van der Waals surface area contributed by atoms with Gasteiger partial charge < -0.3 is 10.2 Å². The van der Waals surface area contributed by atoms with Gasteiger partial charge in [0.05, 0.1) is 4.83 Å². The van der Waals surface area contributed by atoms with Gasteiger partial charge in [0, 0.05) is 16.0 Å². The van der Waals surface area contributed by atoms with Crippen LogP contribution in [0, 0.1) is 0 Å². The number of aliphatic hydroxyl groups excluding tert-OH is 1. The number of aliphatic carboxylic acids is 1. The van der Waals surface area contributed by atoms with Gasteiger partial charge in [-0.1, -0.05) is 28.1 Å². The second kappa shape index (κ2) is 6.36. The Morgan fingerprint density at radius 2 is 2.00 bits per heavy atom. The Labute approximate surface area is 118 Å². The van der Waals surface area contributed by atoms with Crippen LogP contribution in [0.5, 0.6) is 0 Å². The fourth-order valence-electron chi connectivity index (χ4n) is 1.45. The fraction of sp³-hybridized carbons (Fsp3) is 0.333. The molecule has 1 aromatic rings. The molecule has 0 aliphatic rings. The first-order chi connectivity index (χ1) is 8.38. The molecule has 0 amide bonds. The molecule has 0 aliphatic carbocycles. The zero-order chi connectivity index (χ0) is 13.9. The lowest BCUT2D eigenvalue weighted by molar-refractivity contribution is -0.147. The fourth-order valence-corrected chi connectivity index (χ4v) is 2.38. The first-order valence-corrected chi connectivity index (χ1v) is 7.29. The summed E-state index contributed by atoms with van der Waals surface area (Å²) in [5.41, 5.74) is 0.791. The summed E-state index contributed by atoms with van der Waals surface area (Å²) in [6, 6.07) is 4.61. The maximum Gasteiger partial charge on any atom is 0.337 e. The standard InChI is InChI=1S/C12H13BrO4S/c1-6(13)10(14)7-3-4-8(9(5-7)18-2)11(15)12(16)17/h3-6,11,15H,1-2H3,(H,16,17). The summed E-state index contributed by atoms with van der Waals surface area (Å²) in [7, 11) is 0. The van der Waals surface area contributed by atoms with Gasteiger partial charge >= 0.3 is 5.97 Å². The zero-order valence-corrected chi connectivity index (χ0v) is 12.3. The van der Waals surface area contributed by atoms with Crippen LogP contribution in [0.15, 0.2) is 23.1 Å². The summed E-state index contributed by atoms with van der Waals surface area (Å²) in [5.74, 6) is -1.39. The minimum atomic E-state index is -1.57. The normalized spacial score (nSPS) is 14.0. The van der Waals surface area contributed by atoms with E-state index in [9.17, 15) is 14.7 Å². The molecule has 0 heterocycles. The Kier molecular flexibility index (Phi) is 5.37. The molecular weight excluding hydrogens is 320 g/mol. The van der Waals surface area contributed by atoms with Gasteiger partial charge in [-0.25, -0.2) is 4.79 Å². The Morgan fingerprint density at radius 3 is 2.44 bits per heavy atom. The molecule has 2 unspecified atom stereocenters. The first kappa shape index (κ1) is 15.2. The highest BCUT2D eigenvalue weighted by molar-refractivity contribution is 9.10. The summed E-state index contributed by atoms with van der Waals surface area (Å²) in [6.45, 7) is 1.72. The molecule has 4 nitrogen and oxygen atoms in total. The third-order valence-electron chi connectivity index (χ3n) is 2.41. The van der Waals surface area contributed by atoms with Crippen LogP contribution < -0.4 is 0 Å². The number of thioether (sulfide) groups is 1. The molecule has 0 saturated heterocycles. The van der Waals surface area contributed by atoms with Crippen LogP contribution in [0.4, 0.5) is 0 Å². The number of carbonyl (C=O) groups is 2. The lowest BCUT2D eigenvalue weighted by Crippen LogP contribution is -2.14. The van der Waals surface area contributed by atoms with Crippen molar-refractivity contribution in [1.82, 2.24) is 0 Å². The van der Waals surface area contributed by atoms with E-state index in [2.05, 4.69) is 15.9 Å². The van der Waals surface area contributed by atoms with E-state index < -0.39 is 12.1 Å². The van der Waals surface area contributed by atoms with Crippen LogP contribution in [-0.2, 0) is 4.79 Å². The SMILES string of the molecule is CSc1cc(C(=O)C(C)Br)ccc1C(O)C(=O)O. The van der Waals surface area contributed by atoms with Crippen molar-refractivity contribution >= 4 is 39.4 Å². The largest absolute Gasteiger partial charge is 0.479 e. The molecule has 2 N–H and O–H groups in total. The average Bonchev–Trinajstić information content (AvgIpc) is 2.35. The van der Waals surface area contributed by atoms with Crippen molar-refractivity contribution in [3.8, 4) is 0 Å². The Morgan fingerprint density at radius 1 is 1.39 bits per heavy atom. The van der Waals surface area contributed by atoms with E-state index in [4.69, 9.17) is 5.11 Å². The highest BCUT2D eigenvalue weighted by atomic mass is 79.9. The molecule has 0 fully saturated rings. The molecule has 0 spiro atoms. The quantitative estimate of drug-likeness (QED) is 0.492. The summed E-state index contributed by atoms with van der Waals surface area (Å²) in [5, 5.41) is 18.3. The number of rotatable bonds is 5. The molecule has 1 aromatic carbocycles. The third-order valence-corrected chi connectivity index (χ3v) is 3.62. The van der Waals surface area contributed by atoms with Gasteiger partial charge in [-0.15, -0.1) is 11.8 Å². The minimum absolute atomic E-state index is 0.0818. The lowest BCUT2D eigenvalue weighted by atomic mass is 10.0. The second-order valence-electron chi connectivity index (χ2n) is 3.68. The summed E-state index contributed by atoms with van der Waals surface area (Å²) in [6.07, 6.45) is 0.192. The van der Waals surface area contributed by atoms with Gasteiger partial charge in [0.25, 0.3) is 0 Å². The Hall–Kier alpha value is -0.850. The number of hydrogen-bond donors (Lipinski definition) is 2. The second-order valence-corrected chi connectivity index (χ2v) is 5.90. The lowest BCUT2D eigenvalue weighted by Gasteiger charge is -2.12.